The number of anilines is 1. The van der Waals surface area contributed by atoms with Crippen LogP contribution in [0, 0.1) is 9.39 Å². The summed E-state index contributed by atoms with van der Waals surface area (Å²) in [6.07, 6.45) is 1.71. The van der Waals surface area contributed by atoms with Crippen molar-refractivity contribution in [3.8, 4) is 5.75 Å². The van der Waals surface area contributed by atoms with Crippen LogP contribution in [0.4, 0.5) is 10.1 Å². The van der Waals surface area contributed by atoms with Crippen LogP contribution in [0.1, 0.15) is 5.56 Å². The molecule has 2 aromatic rings. The van der Waals surface area contributed by atoms with E-state index in [0.717, 1.165) is 5.56 Å². The van der Waals surface area contributed by atoms with Crippen molar-refractivity contribution in [3.63, 3.8) is 0 Å². The molecule has 7 heteroatoms. The normalized spacial score (nSPS) is 16.4. The molecule has 1 amide bonds. The molecular weight excluding hydrogens is 448 g/mol. The zero-order valence-electron chi connectivity index (χ0n) is 11.5. The Kier molecular flexibility index (Phi) is 4.69. The summed E-state index contributed by atoms with van der Waals surface area (Å²) in [7, 11) is 0. The molecule has 0 aliphatic carbocycles. The van der Waals surface area contributed by atoms with Crippen LogP contribution in [0.5, 0.6) is 5.75 Å². The molecule has 23 heavy (non-hydrogen) atoms. The van der Waals surface area contributed by atoms with Gasteiger partial charge in [0.1, 0.15) is 11.6 Å². The number of carbonyl (C=O) groups is 1. The summed E-state index contributed by atoms with van der Waals surface area (Å²) in [6.45, 7) is 0. The minimum atomic E-state index is -0.423. The van der Waals surface area contributed by atoms with E-state index < -0.39 is 5.82 Å². The van der Waals surface area contributed by atoms with E-state index in [0.29, 0.717) is 18.5 Å². The van der Waals surface area contributed by atoms with Crippen LogP contribution >= 0.6 is 46.6 Å². The maximum absolute atomic E-state index is 13.4. The number of hydrogen-bond donors (Lipinski definition) is 1. The van der Waals surface area contributed by atoms with Crippen LogP contribution in [-0.2, 0) is 4.79 Å². The van der Waals surface area contributed by atoms with E-state index in [4.69, 9.17) is 12.2 Å². The van der Waals surface area contributed by atoms with E-state index >= 15 is 0 Å². The van der Waals surface area contributed by atoms with Crippen LogP contribution in [0.25, 0.3) is 6.08 Å². The Morgan fingerprint density at radius 3 is 2.74 bits per heavy atom. The Morgan fingerprint density at radius 1 is 1.26 bits per heavy atom. The number of rotatable bonds is 2. The number of carbonyl (C=O) groups excluding carboxylic acids is 1. The average Bonchev–Trinajstić information content (AvgIpc) is 2.77. The van der Waals surface area contributed by atoms with Gasteiger partial charge in [0.15, 0.2) is 4.32 Å². The molecule has 116 valence electrons. The fourth-order valence-corrected chi connectivity index (χ4v) is 3.91. The van der Waals surface area contributed by atoms with Crippen molar-refractivity contribution in [2.45, 2.75) is 0 Å². The number of phenols is 1. The number of aromatic hydroxyl groups is 1. The Labute approximate surface area is 155 Å². The smallest absolute Gasteiger partial charge is 0.270 e. The van der Waals surface area contributed by atoms with E-state index in [2.05, 4.69) is 0 Å². The molecule has 1 saturated heterocycles. The lowest BCUT2D eigenvalue weighted by Crippen LogP contribution is -2.27. The summed E-state index contributed by atoms with van der Waals surface area (Å²) in [5.41, 5.74) is 1.20. The maximum Gasteiger partial charge on any atom is 0.270 e. The predicted octanol–water partition coefficient (Wildman–Crippen LogP) is 4.54. The summed E-state index contributed by atoms with van der Waals surface area (Å²) in [5.74, 6) is -0.516. The van der Waals surface area contributed by atoms with Gasteiger partial charge in [-0.3, -0.25) is 9.69 Å². The first kappa shape index (κ1) is 16.4. The van der Waals surface area contributed by atoms with Gasteiger partial charge in [-0.2, -0.15) is 0 Å². The SMILES string of the molecule is O=C1/C(=C\c2ccc(O)c(I)c2)SC(=S)N1c1cccc(F)c1. The Hall–Kier alpha value is -1.45. The van der Waals surface area contributed by atoms with E-state index in [9.17, 15) is 14.3 Å². The van der Waals surface area contributed by atoms with Gasteiger partial charge in [-0.05, 0) is 64.6 Å². The molecule has 2 aromatic carbocycles. The molecule has 1 aliphatic heterocycles. The molecule has 1 aliphatic rings. The number of benzene rings is 2. The van der Waals surface area contributed by atoms with E-state index in [-0.39, 0.29) is 11.7 Å². The molecule has 0 saturated carbocycles. The predicted molar refractivity (Wildman–Crippen MR) is 103 cm³/mol. The number of thioether (sulfide) groups is 1. The number of hydrogen-bond acceptors (Lipinski definition) is 4. The van der Waals surface area contributed by atoms with Gasteiger partial charge in [0.05, 0.1) is 14.2 Å². The minimum Gasteiger partial charge on any atom is -0.507 e. The van der Waals surface area contributed by atoms with Crippen LogP contribution in [0.2, 0.25) is 0 Å². The quantitative estimate of drug-likeness (QED) is 0.409. The maximum atomic E-state index is 13.4. The third-order valence-corrected chi connectivity index (χ3v) is 5.30. The van der Waals surface area contributed by atoms with Crippen molar-refractivity contribution in [2.24, 2.45) is 0 Å². The third kappa shape index (κ3) is 3.41. The standard InChI is InChI=1S/C16H9FINO2S2/c17-10-2-1-3-11(8-10)19-15(21)14(23-16(19)22)7-9-4-5-13(20)12(18)6-9/h1-8,20H/b14-7+. The molecule has 0 aromatic heterocycles. The molecule has 3 rings (SSSR count). The van der Waals surface area contributed by atoms with Crippen LogP contribution < -0.4 is 4.90 Å². The second-order valence-corrected chi connectivity index (χ2v) is 7.55. The lowest BCUT2D eigenvalue weighted by molar-refractivity contribution is -0.113. The van der Waals surface area contributed by atoms with Crippen molar-refractivity contribution < 1.29 is 14.3 Å². The highest BCUT2D eigenvalue weighted by Gasteiger charge is 2.33. The monoisotopic (exact) mass is 457 g/mol. The van der Waals surface area contributed by atoms with Crippen molar-refractivity contribution in [2.75, 3.05) is 4.90 Å². The third-order valence-electron chi connectivity index (χ3n) is 3.13. The number of amides is 1. The van der Waals surface area contributed by atoms with Crippen molar-refractivity contribution in [1.29, 1.82) is 0 Å². The highest BCUT2D eigenvalue weighted by atomic mass is 127. The first-order valence-corrected chi connectivity index (χ1v) is 8.78. The van der Waals surface area contributed by atoms with E-state index in [1.54, 1.807) is 30.3 Å². The molecule has 0 unspecified atom stereocenters. The summed E-state index contributed by atoms with van der Waals surface area (Å²) in [5, 5.41) is 9.55. The first-order valence-electron chi connectivity index (χ1n) is 6.48. The lowest BCUT2D eigenvalue weighted by Gasteiger charge is -2.14. The molecule has 1 N–H and O–H groups in total. The Bertz CT molecular complexity index is 854. The Balaban J connectivity index is 1.94. The number of halogens is 2. The summed E-state index contributed by atoms with van der Waals surface area (Å²) < 4.78 is 14.4. The molecule has 1 fully saturated rings. The van der Waals surface area contributed by atoms with Crippen LogP contribution in [0.15, 0.2) is 47.4 Å². The summed E-state index contributed by atoms with van der Waals surface area (Å²) in [4.78, 5) is 14.3. The van der Waals surface area contributed by atoms with Crippen LogP contribution in [-0.4, -0.2) is 15.3 Å². The number of nitrogens with zero attached hydrogens (tertiary/aromatic N) is 1. The Morgan fingerprint density at radius 2 is 2.04 bits per heavy atom. The molecule has 0 spiro atoms. The van der Waals surface area contributed by atoms with Crippen molar-refractivity contribution in [1.82, 2.24) is 0 Å². The van der Waals surface area contributed by atoms with Crippen molar-refractivity contribution in [3.05, 3.63) is 62.3 Å². The minimum absolute atomic E-state index is 0.190. The highest BCUT2D eigenvalue weighted by Crippen LogP contribution is 2.36. The molecular formula is C16H9FINO2S2. The van der Waals surface area contributed by atoms with Gasteiger partial charge in [-0.25, -0.2) is 4.39 Å². The molecule has 0 radical (unpaired) electrons. The van der Waals surface area contributed by atoms with Gasteiger partial charge >= 0.3 is 0 Å². The van der Waals surface area contributed by atoms with Gasteiger partial charge in [0.25, 0.3) is 5.91 Å². The number of thiocarbonyl (C=S) groups is 1. The van der Waals surface area contributed by atoms with Gasteiger partial charge in [-0.15, -0.1) is 0 Å². The molecule has 1 heterocycles. The second kappa shape index (κ2) is 6.58. The zero-order valence-corrected chi connectivity index (χ0v) is 15.3. The summed E-state index contributed by atoms with van der Waals surface area (Å²) in [6, 6.07) is 10.8. The van der Waals surface area contributed by atoms with Gasteiger partial charge in [0, 0.05) is 0 Å². The molecule has 3 nitrogen and oxygen atoms in total. The summed E-state index contributed by atoms with van der Waals surface area (Å²) >= 11 is 8.43. The van der Waals surface area contributed by atoms with E-state index in [1.165, 1.54) is 34.9 Å². The number of phenolic OH excluding ortho intramolecular Hbond substituents is 1. The fourth-order valence-electron chi connectivity index (χ4n) is 2.07. The van der Waals surface area contributed by atoms with Gasteiger partial charge < -0.3 is 5.11 Å². The van der Waals surface area contributed by atoms with Crippen LogP contribution in [0.3, 0.4) is 0 Å². The van der Waals surface area contributed by atoms with E-state index in [1.807, 2.05) is 22.6 Å². The van der Waals surface area contributed by atoms with Crippen molar-refractivity contribution >= 4 is 68.6 Å². The largest absolute Gasteiger partial charge is 0.507 e. The van der Waals surface area contributed by atoms with Gasteiger partial charge in [0.2, 0.25) is 0 Å². The first-order chi connectivity index (χ1) is 11.0. The molecule has 0 atom stereocenters. The fraction of sp³-hybridized carbons (Fsp3) is 0. The van der Waals surface area contributed by atoms with Gasteiger partial charge in [-0.1, -0.05) is 36.1 Å². The zero-order chi connectivity index (χ0) is 16.6. The highest BCUT2D eigenvalue weighted by molar-refractivity contribution is 14.1. The molecule has 0 bridgehead atoms. The second-order valence-electron chi connectivity index (χ2n) is 4.71. The topological polar surface area (TPSA) is 40.5 Å². The lowest BCUT2D eigenvalue weighted by atomic mass is 10.2. The average molecular weight is 457 g/mol.